The molecule has 2 aromatic carbocycles. The summed E-state index contributed by atoms with van der Waals surface area (Å²) in [7, 11) is 0.934. The van der Waals surface area contributed by atoms with Crippen LogP contribution in [0.3, 0.4) is 0 Å². The highest BCUT2D eigenvalue weighted by atomic mass is 35.5. The van der Waals surface area contributed by atoms with Crippen molar-refractivity contribution in [1.29, 1.82) is 0 Å². The van der Waals surface area contributed by atoms with Gasteiger partial charge in [-0.2, -0.15) is 31.4 Å². The zero-order valence-corrected chi connectivity index (χ0v) is 25.6. The van der Waals surface area contributed by atoms with Crippen LogP contribution in [0.2, 0.25) is 5.02 Å². The first-order chi connectivity index (χ1) is 23.0. The van der Waals surface area contributed by atoms with Gasteiger partial charge in [-0.3, -0.25) is 9.89 Å². The number of methoxy groups -OCH3 is 1. The van der Waals surface area contributed by atoms with E-state index in [1.165, 1.54) is 24.3 Å². The molecular formula is C28H23ClF6N8O6. The number of H-pyrrole nitrogens is 1. The van der Waals surface area contributed by atoms with Crippen molar-refractivity contribution in [2.24, 2.45) is 0 Å². The van der Waals surface area contributed by atoms with Crippen molar-refractivity contribution in [1.82, 2.24) is 34.9 Å². The van der Waals surface area contributed by atoms with Gasteiger partial charge in [-0.25, -0.2) is 29.4 Å². The van der Waals surface area contributed by atoms with Gasteiger partial charge in [-0.05, 0) is 29.8 Å². The molecule has 1 unspecified atom stereocenters. The number of nitrogens with two attached hydrogens (primary N) is 1. The van der Waals surface area contributed by atoms with Crippen LogP contribution in [0, 0.1) is 0 Å². The molecule has 0 aliphatic carbocycles. The van der Waals surface area contributed by atoms with E-state index in [1.807, 2.05) is 0 Å². The molecule has 5 rings (SSSR count). The fourth-order valence-corrected chi connectivity index (χ4v) is 5.23. The third kappa shape index (κ3) is 7.50. The van der Waals surface area contributed by atoms with Crippen molar-refractivity contribution in [3.05, 3.63) is 65.2 Å². The average Bonchev–Trinajstić information content (AvgIpc) is 3.50. The number of nitrogens with zero attached hydrogens (tertiary/aromatic N) is 6. The van der Waals surface area contributed by atoms with Crippen molar-refractivity contribution in [2.45, 2.75) is 37.4 Å². The summed E-state index contributed by atoms with van der Waals surface area (Å²) >= 11 is 6.02. The number of anilines is 1. The Labute approximate surface area is 276 Å². The van der Waals surface area contributed by atoms with Gasteiger partial charge >= 0.3 is 24.3 Å². The molecule has 1 fully saturated rings. The Hall–Kier alpha value is -5.08. The van der Waals surface area contributed by atoms with Crippen LogP contribution >= 0.6 is 11.6 Å². The highest BCUT2D eigenvalue weighted by molar-refractivity contribution is 6.30. The molecule has 49 heavy (non-hydrogen) atoms. The second-order valence-corrected chi connectivity index (χ2v) is 10.9. The van der Waals surface area contributed by atoms with Crippen LogP contribution in [0.5, 0.6) is 0 Å². The number of nitrogen functional groups attached to an aromatic ring is 1. The monoisotopic (exact) mass is 716 g/mol. The molecule has 0 bridgehead atoms. The predicted octanol–water partition coefficient (Wildman–Crippen LogP) is 3.37. The molecule has 0 spiro atoms. The topological polar surface area (TPSA) is 179 Å². The standard InChI is InChI=1S/C28H23ClF6N8O6/c1-47-12-26(49-25(46)28(33,34)35)23(44)42(9-14-5-6-17-18(7-14)37-13-38-21(17)36)11-20(48-24(45)27(30,31)32)43(26)10-19-39-22(41-40-19)15-3-2-4-16(29)8-15/h2-8,13,20H,9-12H2,1H3,(H2,36,37,38)(H,39,40,41)/t20?,26-/m0/s1. The van der Waals surface area contributed by atoms with Crippen LogP contribution in [0.4, 0.5) is 32.2 Å². The quantitative estimate of drug-likeness (QED) is 0.191. The van der Waals surface area contributed by atoms with Gasteiger partial charge in [-0.15, -0.1) is 0 Å². The van der Waals surface area contributed by atoms with Crippen LogP contribution in [-0.2, 0) is 41.7 Å². The first-order valence-corrected chi connectivity index (χ1v) is 14.2. The Morgan fingerprint density at radius 1 is 1.06 bits per heavy atom. The van der Waals surface area contributed by atoms with E-state index in [4.69, 9.17) is 31.5 Å². The van der Waals surface area contributed by atoms with Crippen LogP contribution in [0.25, 0.3) is 22.3 Å². The Balaban J connectivity index is 1.61. The minimum Gasteiger partial charge on any atom is -0.438 e. The zero-order valence-electron chi connectivity index (χ0n) is 24.9. The molecule has 0 saturated carbocycles. The lowest BCUT2D eigenvalue weighted by Crippen LogP contribution is -2.73. The predicted molar refractivity (Wildman–Crippen MR) is 154 cm³/mol. The van der Waals surface area contributed by atoms with Gasteiger partial charge < -0.3 is 24.8 Å². The Bertz CT molecular complexity index is 1890. The molecule has 3 heterocycles. The summed E-state index contributed by atoms with van der Waals surface area (Å²) in [4.78, 5) is 52.1. The SMILES string of the molecule is COC[C@]1(OC(=O)C(F)(F)F)C(=O)N(Cc2ccc3c(N)ncnc3c2)CC(OC(=O)C(F)(F)F)N1Cc1nc(-c2cccc(Cl)c2)n[nH]1. The molecule has 1 amide bonds. The lowest BCUT2D eigenvalue weighted by molar-refractivity contribution is -0.276. The van der Waals surface area contributed by atoms with Crippen LogP contribution in [-0.4, -0.2) is 97.4 Å². The number of hydrogen-bond donors (Lipinski definition) is 2. The summed E-state index contributed by atoms with van der Waals surface area (Å²) in [5.41, 5.74) is 3.61. The Kier molecular flexibility index (Phi) is 9.66. The summed E-state index contributed by atoms with van der Waals surface area (Å²) in [6, 6.07) is 10.5. The maximum absolute atomic E-state index is 14.2. The molecule has 1 aliphatic rings. The van der Waals surface area contributed by atoms with Gasteiger partial charge in [0.15, 0.2) is 12.1 Å². The largest absolute Gasteiger partial charge is 0.491 e. The summed E-state index contributed by atoms with van der Waals surface area (Å²) in [6.07, 6.45) is -12.3. The lowest BCUT2D eigenvalue weighted by Gasteiger charge is -2.50. The number of halogens is 7. The zero-order chi connectivity index (χ0) is 35.7. The first-order valence-electron chi connectivity index (χ1n) is 13.8. The number of rotatable bonds is 9. The average molecular weight is 717 g/mol. The number of carbonyl (C=O) groups excluding carboxylic acids is 3. The first kappa shape index (κ1) is 35.2. The van der Waals surface area contributed by atoms with Crippen molar-refractivity contribution in [2.75, 3.05) is 26.0 Å². The third-order valence-electron chi connectivity index (χ3n) is 7.16. The second-order valence-electron chi connectivity index (χ2n) is 10.5. The van der Waals surface area contributed by atoms with E-state index in [1.54, 1.807) is 18.2 Å². The minimum atomic E-state index is -5.68. The van der Waals surface area contributed by atoms with E-state index in [9.17, 15) is 40.7 Å². The molecule has 14 nitrogen and oxygen atoms in total. The minimum absolute atomic E-state index is 0.00308. The normalized spacial score (nSPS) is 18.9. The molecule has 21 heteroatoms. The highest BCUT2D eigenvalue weighted by Gasteiger charge is 2.61. The number of piperazine rings is 1. The number of aromatic amines is 1. The summed E-state index contributed by atoms with van der Waals surface area (Å²) < 4.78 is 96.0. The molecule has 4 aromatic rings. The number of esters is 2. The van der Waals surface area contributed by atoms with E-state index >= 15 is 0 Å². The molecule has 3 N–H and O–H groups in total. The van der Waals surface area contributed by atoms with Gasteiger partial charge in [0.25, 0.3) is 11.6 Å². The van der Waals surface area contributed by atoms with Crippen LogP contribution < -0.4 is 5.73 Å². The summed E-state index contributed by atoms with van der Waals surface area (Å²) in [5, 5.41) is 7.17. The molecule has 1 saturated heterocycles. The van der Waals surface area contributed by atoms with E-state index in [0.29, 0.717) is 26.4 Å². The second kappa shape index (κ2) is 13.4. The molecule has 260 valence electrons. The number of benzene rings is 2. The number of ether oxygens (including phenoxy) is 3. The van der Waals surface area contributed by atoms with E-state index in [0.717, 1.165) is 18.3 Å². The summed E-state index contributed by atoms with van der Waals surface area (Å²) in [5.74, 6) is -7.13. The molecule has 2 atom stereocenters. The Morgan fingerprint density at radius 2 is 1.80 bits per heavy atom. The third-order valence-corrected chi connectivity index (χ3v) is 7.39. The fraction of sp³-hybridized carbons (Fsp3) is 0.321. The smallest absolute Gasteiger partial charge is 0.438 e. The Morgan fingerprint density at radius 3 is 2.47 bits per heavy atom. The van der Waals surface area contributed by atoms with Gasteiger partial charge in [0.2, 0.25) is 0 Å². The van der Waals surface area contributed by atoms with Gasteiger partial charge in [-0.1, -0.05) is 29.8 Å². The van der Waals surface area contributed by atoms with E-state index < -0.39 is 68.4 Å². The van der Waals surface area contributed by atoms with Gasteiger partial charge in [0, 0.05) is 29.6 Å². The number of carbonyl (C=O) groups is 3. The van der Waals surface area contributed by atoms with Crippen LogP contribution in [0.1, 0.15) is 11.4 Å². The number of alkyl halides is 6. The lowest BCUT2D eigenvalue weighted by atomic mass is 10.0. The van der Waals surface area contributed by atoms with E-state index in [2.05, 4.69) is 25.1 Å². The molecule has 0 radical (unpaired) electrons. The number of aromatic nitrogens is 5. The van der Waals surface area contributed by atoms with E-state index in [-0.39, 0.29) is 23.0 Å². The number of nitrogens with one attached hydrogen (secondary N) is 1. The van der Waals surface area contributed by atoms with Crippen molar-refractivity contribution < 1.29 is 54.9 Å². The van der Waals surface area contributed by atoms with Crippen molar-refractivity contribution >= 4 is 46.2 Å². The van der Waals surface area contributed by atoms with Crippen molar-refractivity contribution in [3.63, 3.8) is 0 Å². The number of amides is 1. The summed E-state index contributed by atoms with van der Waals surface area (Å²) in [6.45, 7) is -3.39. The van der Waals surface area contributed by atoms with Crippen molar-refractivity contribution in [3.8, 4) is 11.4 Å². The highest BCUT2D eigenvalue weighted by Crippen LogP contribution is 2.36. The van der Waals surface area contributed by atoms with Gasteiger partial charge in [0.1, 0.15) is 24.6 Å². The fourth-order valence-electron chi connectivity index (χ4n) is 5.04. The number of hydrogen-bond acceptors (Lipinski definition) is 12. The van der Waals surface area contributed by atoms with Gasteiger partial charge in [0.05, 0.1) is 18.6 Å². The maximum Gasteiger partial charge on any atom is 0.491 e. The number of fused-ring (bicyclic) bond motifs is 1. The molecule has 1 aliphatic heterocycles. The molecule has 2 aromatic heterocycles. The maximum atomic E-state index is 14.2. The molecular weight excluding hydrogens is 694 g/mol. The van der Waals surface area contributed by atoms with Crippen LogP contribution in [0.15, 0.2) is 48.8 Å².